The molecule has 66 valence electrons. The molecule has 1 saturated carbocycles. The molecule has 2 N–H and O–H groups in total. The summed E-state index contributed by atoms with van der Waals surface area (Å²) in [6.07, 6.45) is 4.49. The predicted molar refractivity (Wildman–Crippen MR) is 52.5 cm³/mol. The molecule has 0 radical (unpaired) electrons. The maximum atomic E-state index is 5.59. The summed E-state index contributed by atoms with van der Waals surface area (Å²) in [6.45, 7) is 1.13. The lowest BCUT2D eigenvalue weighted by atomic mass is 10.4. The van der Waals surface area contributed by atoms with Crippen LogP contribution in [0.3, 0.4) is 0 Å². The Morgan fingerprint density at radius 1 is 1.75 bits per heavy atom. The lowest BCUT2D eigenvalue weighted by Crippen LogP contribution is -2.19. The molecule has 3 nitrogen and oxygen atoms in total. The zero-order chi connectivity index (χ0) is 8.55. The number of hydrogen-bond donors (Lipinski definition) is 1. The Morgan fingerprint density at radius 3 is 3.00 bits per heavy atom. The fourth-order valence-electron chi connectivity index (χ4n) is 1.22. The molecule has 12 heavy (non-hydrogen) atoms. The van der Waals surface area contributed by atoms with Crippen LogP contribution in [0.5, 0.6) is 0 Å². The molecule has 0 saturated heterocycles. The number of anilines is 2. The number of nitrogens with two attached hydrogens (primary N) is 1. The second-order valence-electron chi connectivity index (χ2n) is 3.37. The van der Waals surface area contributed by atoms with Gasteiger partial charge in [0, 0.05) is 13.6 Å². The van der Waals surface area contributed by atoms with Crippen LogP contribution in [-0.4, -0.2) is 18.6 Å². The third-order valence-corrected chi connectivity index (χ3v) is 3.01. The van der Waals surface area contributed by atoms with Crippen LogP contribution < -0.4 is 10.6 Å². The number of aromatic nitrogens is 1. The lowest BCUT2D eigenvalue weighted by Gasteiger charge is -2.14. The molecule has 0 aliphatic heterocycles. The highest BCUT2D eigenvalue weighted by Crippen LogP contribution is 2.32. The van der Waals surface area contributed by atoms with E-state index in [9.17, 15) is 0 Å². The number of rotatable bonds is 3. The van der Waals surface area contributed by atoms with E-state index in [1.54, 1.807) is 17.5 Å². The molecule has 2 rings (SSSR count). The molecule has 1 aromatic rings. The van der Waals surface area contributed by atoms with Gasteiger partial charge in [0.1, 0.15) is 5.00 Å². The minimum Gasteiger partial charge on any atom is -0.389 e. The van der Waals surface area contributed by atoms with E-state index in [0.717, 1.165) is 22.6 Å². The van der Waals surface area contributed by atoms with Crippen molar-refractivity contribution in [2.24, 2.45) is 5.92 Å². The summed E-state index contributed by atoms with van der Waals surface area (Å²) in [6, 6.07) is 0. The van der Waals surface area contributed by atoms with Gasteiger partial charge in [0.05, 0.1) is 6.20 Å². The predicted octanol–water partition coefficient (Wildman–Crippen LogP) is 1.57. The third-order valence-electron chi connectivity index (χ3n) is 2.07. The van der Waals surface area contributed by atoms with Crippen molar-refractivity contribution in [2.45, 2.75) is 12.8 Å². The van der Waals surface area contributed by atoms with E-state index >= 15 is 0 Å². The van der Waals surface area contributed by atoms with Gasteiger partial charge in [-0.3, -0.25) is 0 Å². The van der Waals surface area contributed by atoms with E-state index in [-0.39, 0.29) is 0 Å². The van der Waals surface area contributed by atoms with Crippen molar-refractivity contribution in [1.29, 1.82) is 0 Å². The van der Waals surface area contributed by atoms with Crippen LogP contribution in [-0.2, 0) is 0 Å². The maximum absolute atomic E-state index is 5.59. The Kier molecular flexibility index (Phi) is 1.92. The third kappa shape index (κ3) is 1.69. The van der Waals surface area contributed by atoms with Gasteiger partial charge in [-0.05, 0) is 18.8 Å². The van der Waals surface area contributed by atoms with E-state index in [1.165, 1.54) is 12.8 Å². The Labute approximate surface area is 76.2 Å². The average Bonchev–Trinajstić information content (AvgIpc) is 2.72. The Hall–Kier alpha value is -0.770. The van der Waals surface area contributed by atoms with Gasteiger partial charge in [-0.15, -0.1) is 0 Å². The maximum Gasteiger partial charge on any atom is 0.186 e. The van der Waals surface area contributed by atoms with Gasteiger partial charge in [-0.1, -0.05) is 11.3 Å². The van der Waals surface area contributed by atoms with Crippen LogP contribution >= 0.6 is 11.3 Å². The van der Waals surface area contributed by atoms with Crippen LogP contribution in [0.4, 0.5) is 10.1 Å². The molecule has 0 atom stereocenters. The van der Waals surface area contributed by atoms with Crippen LogP contribution in [0.2, 0.25) is 0 Å². The molecular weight excluding hydrogens is 170 g/mol. The number of hydrogen-bond acceptors (Lipinski definition) is 4. The summed E-state index contributed by atoms with van der Waals surface area (Å²) in [5.74, 6) is 0.903. The SMILES string of the molecule is CN(CC1CC1)c1ncc(N)s1. The van der Waals surface area contributed by atoms with Crippen molar-refractivity contribution in [2.75, 3.05) is 24.2 Å². The molecule has 4 heteroatoms. The van der Waals surface area contributed by atoms with Crippen molar-refractivity contribution in [1.82, 2.24) is 4.98 Å². The molecule has 1 fully saturated rings. The van der Waals surface area contributed by atoms with Crippen molar-refractivity contribution < 1.29 is 0 Å². The summed E-state index contributed by atoms with van der Waals surface area (Å²) in [7, 11) is 2.08. The summed E-state index contributed by atoms with van der Waals surface area (Å²) in [5.41, 5.74) is 5.59. The first kappa shape index (κ1) is 7.86. The minimum atomic E-state index is 0.799. The van der Waals surface area contributed by atoms with E-state index < -0.39 is 0 Å². The van der Waals surface area contributed by atoms with Gasteiger partial charge in [-0.2, -0.15) is 0 Å². The van der Waals surface area contributed by atoms with Crippen molar-refractivity contribution >= 4 is 21.5 Å². The Balaban J connectivity index is 1.97. The molecular formula is C8H13N3S. The smallest absolute Gasteiger partial charge is 0.186 e. The van der Waals surface area contributed by atoms with E-state index in [4.69, 9.17) is 5.73 Å². The van der Waals surface area contributed by atoms with Gasteiger partial charge < -0.3 is 10.6 Å². The topological polar surface area (TPSA) is 42.2 Å². The number of nitrogens with zero attached hydrogens (tertiary/aromatic N) is 2. The molecule has 0 aromatic carbocycles. The molecule has 1 aliphatic rings. The second kappa shape index (κ2) is 2.94. The van der Waals surface area contributed by atoms with Crippen LogP contribution in [0.1, 0.15) is 12.8 Å². The van der Waals surface area contributed by atoms with Gasteiger partial charge in [0.2, 0.25) is 0 Å². The standard InChI is InChI=1S/C8H13N3S/c1-11(5-6-2-3-6)8-10-4-7(9)12-8/h4,6H,2-3,5,9H2,1H3. The fraction of sp³-hybridized carbons (Fsp3) is 0.625. The summed E-state index contributed by atoms with van der Waals surface area (Å²) in [4.78, 5) is 6.41. The quantitative estimate of drug-likeness (QED) is 0.773. The highest BCUT2D eigenvalue weighted by Gasteiger charge is 2.23. The molecule has 1 aromatic heterocycles. The van der Waals surface area contributed by atoms with Crippen molar-refractivity contribution in [3.8, 4) is 0 Å². The first-order valence-corrected chi connectivity index (χ1v) is 5.00. The Morgan fingerprint density at radius 2 is 2.50 bits per heavy atom. The van der Waals surface area contributed by atoms with E-state index in [0.29, 0.717) is 0 Å². The highest BCUT2D eigenvalue weighted by atomic mass is 32.1. The number of thiazole rings is 1. The summed E-state index contributed by atoms with van der Waals surface area (Å²) >= 11 is 1.56. The summed E-state index contributed by atoms with van der Waals surface area (Å²) in [5, 5.41) is 1.84. The first-order valence-electron chi connectivity index (χ1n) is 4.18. The van der Waals surface area contributed by atoms with E-state index in [1.807, 2.05) is 0 Å². The second-order valence-corrected chi connectivity index (χ2v) is 4.41. The van der Waals surface area contributed by atoms with Crippen molar-refractivity contribution in [3.63, 3.8) is 0 Å². The van der Waals surface area contributed by atoms with Gasteiger partial charge >= 0.3 is 0 Å². The van der Waals surface area contributed by atoms with Crippen LogP contribution in [0.15, 0.2) is 6.20 Å². The molecule has 0 bridgehead atoms. The normalized spacial score (nSPS) is 16.4. The fourth-order valence-corrected chi connectivity index (χ4v) is 1.87. The molecule has 1 aliphatic carbocycles. The zero-order valence-corrected chi connectivity index (χ0v) is 7.97. The van der Waals surface area contributed by atoms with Gasteiger partial charge in [0.25, 0.3) is 0 Å². The van der Waals surface area contributed by atoms with Gasteiger partial charge in [0.15, 0.2) is 5.13 Å². The monoisotopic (exact) mass is 183 g/mol. The Bertz CT molecular complexity index is 267. The first-order chi connectivity index (χ1) is 5.75. The van der Waals surface area contributed by atoms with E-state index in [2.05, 4.69) is 16.9 Å². The lowest BCUT2D eigenvalue weighted by molar-refractivity contribution is 0.784. The zero-order valence-electron chi connectivity index (χ0n) is 7.16. The largest absolute Gasteiger partial charge is 0.389 e. The average molecular weight is 183 g/mol. The molecule has 0 amide bonds. The highest BCUT2D eigenvalue weighted by molar-refractivity contribution is 7.19. The molecule has 0 spiro atoms. The number of nitrogen functional groups attached to an aromatic ring is 1. The minimum absolute atomic E-state index is 0.799. The summed E-state index contributed by atoms with van der Waals surface area (Å²) < 4.78 is 0. The van der Waals surface area contributed by atoms with Crippen LogP contribution in [0, 0.1) is 5.92 Å². The van der Waals surface area contributed by atoms with Crippen molar-refractivity contribution in [3.05, 3.63) is 6.20 Å². The molecule has 1 heterocycles. The van der Waals surface area contributed by atoms with Gasteiger partial charge in [-0.25, -0.2) is 4.98 Å². The van der Waals surface area contributed by atoms with Crippen LogP contribution in [0.25, 0.3) is 0 Å². The molecule has 0 unspecified atom stereocenters.